The average molecular weight is 445 g/mol. The van der Waals surface area contributed by atoms with Crippen molar-refractivity contribution in [3.63, 3.8) is 0 Å². The van der Waals surface area contributed by atoms with Crippen LogP contribution in [-0.4, -0.2) is 57.9 Å². The number of carbonyl (C=O) groups is 1. The lowest BCUT2D eigenvalue weighted by atomic mass is 9.99. The summed E-state index contributed by atoms with van der Waals surface area (Å²) in [5, 5.41) is 0. The van der Waals surface area contributed by atoms with Gasteiger partial charge in [-0.2, -0.15) is 4.98 Å². The molecule has 2 heterocycles. The van der Waals surface area contributed by atoms with Crippen LogP contribution in [0.4, 0.5) is 19.0 Å². The van der Waals surface area contributed by atoms with Gasteiger partial charge in [-0.1, -0.05) is 6.07 Å². The number of amides is 1. The lowest BCUT2D eigenvalue weighted by molar-refractivity contribution is 0.0779. The van der Waals surface area contributed by atoms with Crippen LogP contribution in [0.1, 0.15) is 15.9 Å². The molecule has 1 aliphatic heterocycles. The van der Waals surface area contributed by atoms with E-state index in [1.165, 1.54) is 23.1 Å². The number of likely N-dealkylation sites (N-methyl/N-ethyl adjacent to an activating group) is 1. The van der Waals surface area contributed by atoms with E-state index in [-0.39, 0.29) is 22.2 Å². The molecule has 0 saturated heterocycles. The normalized spacial score (nSPS) is 13.9. The first-order chi connectivity index (χ1) is 14.1. The number of anilines is 1. The van der Waals surface area contributed by atoms with Gasteiger partial charge in [-0.15, -0.1) is 0 Å². The summed E-state index contributed by atoms with van der Waals surface area (Å²) in [7, 11) is -1.57. The smallest absolute Gasteiger partial charge is 0.272 e. The minimum absolute atomic E-state index is 0.181. The van der Waals surface area contributed by atoms with Gasteiger partial charge in [0.25, 0.3) is 28.2 Å². The zero-order valence-electron chi connectivity index (χ0n) is 16.0. The van der Waals surface area contributed by atoms with Gasteiger partial charge in [0.1, 0.15) is 6.61 Å². The van der Waals surface area contributed by atoms with E-state index in [4.69, 9.17) is 9.47 Å². The topological polar surface area (TPSA) is 97.8 Å². The molecule has 162 valence electrons. The van der Waals surface area contributed by atoms with Gasteiger partial charge in [0.2, 0.25) is 0 Å². The first-order valence-corrected chi connectivity index (χ1v) is 10.2. The van der Waals surface area contributed by atoms with E-state index in [9.17, 15) is 26.4 Å². The summed E-state index contributed by atoms with van der Waals surface area (Å²) in [6.45, 7) is -0.684. The largest absolute Gasteiger partial charge is 0.482 e. The summed E-state index contributed by atoms with van der Waals surface area (Å²) in [6.07, 6.45) is -2.50. The van der Waals surface area contributed by atoms with E-state index in [1.54, 1.807) is 7.05 Å². The highest BCUT2D eigenvalue weighted by Crippen LogP contribution is 2.32. The van der Waals surface area contributed by atoms with E-state index >= 15 is 0 Å². The van der Waals surface area contributed by atoms with Crippen LogP contribution in [0.3, 0.4) is 0 Å². The van der Waals surface area contributed by atoms with E-state index in [2.05, 4.69) is 4.98 Å². The predicted molar refractivity (Wildman–Crippen MR) is 100 cm³/mol. The number of rotatable bonds is 7. The number of aromatic nitrogens is 1. The maximum Gasteiger partial charge on any atom is 0.272 e. The van der Waals surface area contributed by atoms with Crippen LogP contribution >= 0.6 is 0 Å². The SMILES string of the molecule is COc1nc(NS(=O)(=O)c2cccc3c2CCN(C)C3=O)c(F)cc1OCC(F)F. The molecule has 1 N–H and O–H groups in total. The van der Waals surface area contributed by atoms with E-state index in [0.29, 0.717) is 24.6 Å². The molecule has 1 aromatic heterocycles. The number of fused-ring (bicyclic) bond motifs is 1. The van der Waals surface area contributed by atoms with Crippen molar-refractivity contribution in [2.24, 2.45) is 0 Å². The van der Waals surface area contributed by atoms with Crippen molar-refractivity contribution in [3.05, 3.63) is 41.2 Å². The number of nitrogens with one attached hydrogen (secondary N) is 1. The number of alkyl halides is 2. The number of carbonyl (C=O) groups excluding carboxylic acids is 1. The molecule has 0 spiro atoms. The Morgan fingerprint density at radius 2 is 2.07 bits per heavy atom. The lowest BCUT2D eigenvalue weighted by Gasteiger charge is -2.26. The van der Waals surface area contributed by atoms with Crippen LogP contribution in [-0.2, 0) is 16.4 Å². The fraction of sp³-hybridized carbons (Fsp3) is 0.333. The van der Waals surface area contributed by atoms with Gasteiger partial charge in [-0.25, -0.2) is 21.6 Å². The Hall–Kier alpha value is -3.02. The third-order valence-corrected chi connectivity index (χ3v) is 5.82. The molecular weight excluding hydrogens is 427 g/mol. The summed E-state index contributed by atoms with van der Waals surface area (Å²) in [4.78, 5) is 17.3. The standard InChI is InChI=1S/C18H18F3N3O5S/c1-24-7-6-10-11(18(24)25)4-3-5-14(10)30(26,27)23-16-12(19)8-13(17(22-16)28-2)29-9-15(20)21/h3-5,8,15H,6-7,9H2,1-2H3,(H,22,23). The summed E-state index contributed by atoms with van der Waals surface area (Å²) in [5.41, 5.74) is 0.561. The molecule has 1 amide bonds. The van der Waals surface area contributed by atoms with E-state index in [1.807, 2.05) is 4.72 Å². The number of benzene rings is 1. The summed E-state index contributed by atoms with van der Waals surface area (Å²) >= 11 is 0. The number of hydrogen-bond acceptors (Lipinski definition) is 6. The summed E-state index contributed by atoms with van der Waals surface area (Å²) in [6, 6.07) is 4.93. The number of halogens is 3. The molecule has 30 heavy (non-hydrogen) atoms. The summed E-state index contributed by atoms with van der Waals surface area (Å²) in [5.74, 6) is -2.94. The molecule has 0 unspecified atom stereocenters. The van der Waals surface area contributed by atoms with Crippen molar-refractivity contribution in [1.82, 2.24) is 9.88 Å². The summed E-state index contributed by atoms with van der Waals surface area (Å²) < 4.78 is 76.5. The molecule has 3 rings (SSSR count). The Kier molecular flexibility index (Phi) is 6.06. The fourth-order valence-corrected chi connectivity index (χ4v) is 4.28. The molecule has 8 nitrogen and oxygen atoms in total. The highest BCUT2D eigenvalue weighted by molar-refractivity contribution is 7.92. The lowest BCUT2D eigenvalue weighted by Crippen LogP contribution is -2.35. The van der Waals surface area contributed by atoms with Crippen LogP contribution in [0.5, 0.6) is 11.6 Å². The second kappa shape index (κ2) is 8.38. The first kappa shape index (κ1) is 21.7. The van der Waals surface area contributed by atoms with E-state index < -0.39 is 40.4 Å². The quantitative estimate of drug-likeness (QED) is 0.703. The van der Waals surface area contributed by atoms with Crippen LogP contribution < -0.4 is 14.2 Å². The molecule has 0 bridgehead atoms. The number of nitrogens with zero attached hydrogens (tertiary/aromatic N) is 2. The van der Waals surface area contributed by atoms with Gasteiger partial charge in [-0.3, -0.25) is 9.52 Å². The Morgan fingerprint density at radius 1 is 1.33 bits per heavy atom. The van der Waals surface area contributed by atoms with Gasteiger partial charge in [-0.05, 0) is 24.1 Å². The fourth-order valence-electron chi connectivity index (χ4n) is 2.97. The molecule has 12 heteroatoms. The third kappa shape index (κ3) is 4.27. The van der Waals surface area contributed by atoms with Gasteiger partial charge in [0.05, 0.1) is 12.0 Å². The highest BCUT2D eigenvalue weighted by Gasteiger charge is 2.29. The number of hydrogen-bond donors (Lipinski definition) is 1. The van der Waals surface area contributed by atoms with Crippen molar-refractivity contribution in [2.45, 2.75) is 17.7 Å². The molecule has 1 aliphatic rings. The maximum absolute atomic E-state index is 14.4. The first-order valence-electron chi connectivity index (χ1n) is 8.69. The van der Waals surface area contributed by atoms with Crippen molar-refractivity contribution in [3.8, 4) is 11.6 Å². The zero-order valence-corrected chi connectivity index (χ0v) is 16.8. The molecule has 0 saturated carbocycles. The maximum atomic E-state index is 14.4. The van der Waals surface area contributed by atoms with Gasteiger partial charge in [0.15, 0.2) is 17.4 Å². The Labute approximate surface area is 170 Å². The Morgan fingerprint density at radius 3 is 2.73 bits per heavy atom. The molecule has 2 aromatic rings. The number of methoxy groups -OCH3 is 1. The number of ether oxygens (including phenoxy) is 2. The second-order valence-corrected chi connectivity index (χ2v) is 8.04. The number of pyridine rings is 1. The molecule has 0 atom stereocenters. The minimum atomic E-state index is -4.32. The van der Waals surface area contributed by atoms with Crippen LogP contribution in [0, 0.1) is 5.82 Å². The van der Waals surface area contributed by atoms with Crippen molar-refractivity contribution in [1.29, 1.82) is 0 Å². The Bertz CT molecular complexity index is 1080. The van der Waals surface area contributed by atoms with Crippen molar-refractivity contribution < 1.29 is 35.9 Å². The average Bonchev–Trinajstić information content (AvgIpc) is 2.70. The van der Waals surface area contributed by atoms with Gasteiger partial charge >= 0.3 is 0 Å². The predicted octanol–water partition coefficient (Wildman–Crippen LogP) is 2.30. The molecule has 0 radical (unpaired) electrons. The highest BCUT2D eigenvalue weighted by atomic mass is 32.2. The molecule has 0 fully saturated rings. The number of sulfonamides is 1. The van der Waals surface area contributed by atoms with E-state index in [0.717, 1.165) is 7.11 Å². The Balaban J connectivity index is 1.96. The molecule has 1 aromatic carbocycles. The third-order valence-electron chi connectivity index (χ3n) is 4.39. The van der Waals surface area contributed by atoms with Gasteiger partial charge in [0, 0.05) is 25.2 Å². The van der Waals surface area contributed by atoms with Gasteiger partial charge < -0.3 is 14.4 Å². The monoisotopic (exact) mass is 445 g/mol. The minimum Gasteiger partial charge on any atom is -0.482 e. The van der Waals surface area contributed by atoms with Crippen molar-refractivity contribution in [2.75, 3.05) is 32.0 Å². The van der Waals surface area contributed by atoms with Crippen LogP contribution in [0.15, 0.2) is 29.2 Å². The zero-order chi connectivity index (χ0) is 22.1. The van der Waals surface area contributed by atoms with Crippen LogP contribution in [0.25, 0.3) is 0 Å². The molecular formula is C18H18F3N3O5S. The molecule has 0 aliphatic carbocycles. The second-order valence-electron chi connectivity index (χ2n) is 6.39. The van der Waals surface area contributed by atoms with Crippen molar-refractivity contribution >= 4 is 21.7 Å². The van der Waals surface area contributed by atoms with Crippen LogP contribution in [0.2, 0.25) is 0 Å².